The smallest absolute Gasteiger partial charge is 0.293 e. The Bertz CT molecular complexity index is 1180. The predicted molar refractivity (Wildman–Crippen MR) is 123 cm³/mol. The topological polar surface area (TPSA) is 158 Å². The third-order valence-corrected chi connectivity index (χ3v) is 5.88. The Morgan fingerprint density at radius 3 is 2.35 bits per heavy atom. The molecule has 1 saturated heterocycles. The van der Waals surface area contributed by atoms with Gasteiger partial charge in [0.05, 0.1) is 19.0 Å². The average Bonchev–Trinajstić information content (AvgIpc) is 3.44. The van der Waals surface area contributed by atoms with Crippen LogP contribution in [0.15, 0.2) is 72.0 Å². The molecule has 0 aliphatic carbocycles. The number of imidazole rings is 1. The van der Waals surface area contributed by atoms with Gasteiger partial charge in [0.2, 0.25) is 0 Å². The van der Waals surface area contributed by atoms with Crippen LogP contribution in [-0.2, 0) is 15.3 Å². The van der Waals surface area contributed by atoms with E-state index in [4.69, 9.17) is 10.5 Å². The summed E-state index contributed by atoms with van der Waals surface area (Å²) in [5.41, 5.74) is 4.53. The molecular formula is C23H24N6O5. The summed E-state index contributed by atoms with van der Waals surface area (Å²) in [5, 5.41) is 34.0. The number of carbonyl (C=O) groups excluding carboxylic acids is 1. The summed E-state index contributed by atoms with van der Waals surface area (Å²) in [6.45, 7) is -0.350. The van der Waals surface area contributed by atoms with E-state index in [1.165, 1.54) is 15.8 Å². The van der Waals surface area contributed by atoms with Crippen LogP contribution in [0.2, 0.25) is 0 Å². The maximum Gasteiger partial charge on any atom is 0.293 e. The Labute approximate surface area is 194 Å². The molecule has 2 aromatic carbocycles. The number of fused-ring (bicyclic) bond motifs is 1. The number of aliphatic hydroxyl groups excluding tert-OH is 2. The van der Waals surface area contributed by atoms with E-state index in [-0.39, 0.29) is 30.5 Å². The van der Waals surface area contributed by atoms with Crippen molar-refractivity contribution in [2.24, 2.45) is 10.7 Å². The third kappa shape index (κ3) is 3.60. The molecule has 11 heteroatoms. The quantitative estimate of drug-likeness (QED) is 0.370. The normalized spacial score (nSPS) is 25.9. The number of para-hydroxylation sites is 2. The van der Waals surface area contributed by atoms with Gasteiger partial charge in [0, 0.05) is 17.8 Å². The van der Waals surface area contributed by atoms with Crippen molar-refractivity contribution in [3.8, 4) is 0 Å². The summed E-state index contributed by atoms with van der Waals surface area (Å²) in [6, 6.07) is 17.7. The number of amides is 1. The number of aromatic nitrogens is 2. The van der Waals surface area contributed by atoms with Crippen LogP contribution in [0.25, 0.3) is 0 Å². The molecule has 1 fully saturated rings. The number of ether oxygens (including phenoxy) is 1. The SMILES string of the molecule is NC1=NC(O)(C(=O)N(c2ccccc2)c2ccccc2)c2ncn([C@H]3C[C@H](O)[C@@H](CO)O3)c2N1. The number of nitrogens with one attached hydrogen (secondary N) is 1. The number of aliphatic hydroxyl groups is 3. The summed E-state index contributed by atoms with van der Waals surface area (Å²) in [7, 11) is 0. The number of hydrogen-bond acceptors (Lipinski definition) is 9. The van der Waals surface area contributed by atoms with Gasteiger partial charge < -0.3 is 31.1 Å². The van der Waals surface area contributed by atoms with Gasteiger partial charge in [-0.2, -0.15) is 0 Å². The van der Waals surface area contributed by atoms with Crippen molar-refractivity contribution in [3.63, 3.8) is 0 Å². The van der Waals surface area contributed by atoms with Gasteiger partial charge in [-0.05, 0) is 24.3 Å². The highest BCUT2D eigenvalue weighted by Gasteiger charge is 2.50. The Morgan fingerprint density at radius 2 is 1.79 bits per heavy atom. The van der Waals surface area contributed by atoms with Crippen molar-refractivity contribution < 1.29 is 24.9 Å². The van der Waals surface area contributed by atoms with Crippen LogP contribution in [0.1, 0.15) is 18.3 Å². The Kier molecular flexibility index (Phi) is 5.54. The molecule has 176 valence electrons. The van der Waals surface area contributed by atoms with E-state index in [0.717, 1.165) is 0 Å². The lowest BCUT2D eigenvalue weighted by Crippen LogP contribution is -2.49. The fraction of sp³-hybridized carbons (Fsp3) is 0.261. The molecule has 6 N–H and O–H groups in total. The van der Waals surface area contributed by atoms with E-state index in [9.17, 15) is 20.1 Å². The third-order valence-electron chi connectivity index (χ3n) is 5.88. The van der Waals surface area contributed by atoms with Crippen molar-refractivity contribution in [2.75, 3.05) is 16.8 Å². The lowest BCUT2D eigenvalue weighted by atomic mass is 10.1. The zero-order valence-corrected chi connectivity index (χ0v) is 18.0. The minimum atomic E-state index is -2.44. The molecule has 0 bridgehead atoms. The zero-order chi connectivity index (χ0) is 23.9. The van der Waals surface area contributed by atoms with Crippen molar-refractivity contribution in [1.29, 1.82) is 0 Å². The molecule has 3 aromatic rings. The van der Waals surface area contributed by atoms with E-state index >= 15 is 0 Å². The van der Waals surface area contributed by atoms with Gasteiger partial charge in [-0.15, -0.1) is 0 Å². The second-order valence-corrected chi connectivity index (χ2v) is 8.07. The van der Waals surface area contributed by atoms with Crippen LogP contribution in [0, 0.1) is 0 Å². The fourth-order valence-electron chi connectivity index (χ4n) is 4.23. The predicted octanol–water partition coefficient (Wildman–Crippen LogP) is 0.774. The second-order valence-electron chi connectivity index (χ2n) is 8.07. The number of benzene rings is 2. The number of rotatable bonds is 5. The molecule has 3 heterocycles. The lowest BCUT2D eigenvalue weighted by molar-refractivity contribution is -0.136. The molecule has 1 unspecified atom stereocenters. The standard InChI is InChI=1S/C23H24N6O5/c24-22-26-20-19(25-13-28(20)18-11-16(31)17(12-30)34-18)23(33,27-22)21(32)29(14-7-3-1-4-8-14)15-9-5-2-6-10-15/h1-10,13,16-18,30-31,33H,11-12H2,(H3,24,26,27)/t16-,17+,18+,23?/m0/s1. The number of nitrogens with zero attached hydrogens (tertiary/aromatic N) is 4. The monoisotopic (exact) mass is 464 g/mol. The van der Waals surface area contributed by atoms with Gasteiger partial charge in [-0.25, -0.2) is 9.98 Å². The summed E-state index contributed by atoms with van der Waals surface area (Å²) < 4.78 is 7.23. The summed E-state index contributed by atoms with van der Waals surface area (Å²) in [6.07, 6.45) is -0.782. The van der Waals surface area contributed by atoms with Crippen molar-refractivity contribution in [1.82, 2.24) is 9.55 Å². The van der Waals surface area contributed by atoms with Crippen LogP contribution in [0.3, 0.4) is 0 Å². The van der Waals surface area contributed by atoms with E-state index in [1.54, 1.807) is 48.5 Å². The number of hydrogen-bond donors (Lipinski definition) is 5. The van der Waals surface area contributed by atoms with Gasteiger partial charge >= 0.3 is 0 Å². The number of guanidine groups is 1. The number of anilines is 3. The first-order valence-corrected chi connectivity index (χ1v) is 10.7. The number of carbonyl (C=O) groups is 1. The highest BCUT2D eigenvalue weighted by atomic mass is 16.5. The highest BCUT2D eigenvalue weighted by Crippen LogP contribution is 2.40. The summed E-state index contributed by atoms with van der Waals surface area (Å²) in [4.78, 5) is 23.6. The zero-order valence-electron chi connectivity index (χ0n) is 18.0. The van der Waals surface area contributed by atoms with Gasteiger partial charge in [0.15, 0.2) is 5.96 Å². The van der Waals surface area contributed by atoms with E-state index < -0.39 is 30.1 Å². The molecule has 5 rings (SSSR count). The minimum Gasteiger partial charge on any atom is -0.394 e. The summed E-state index contributed by atoms with van der Waals surface area (Å²) in [5.74, 6) is -0.759. The van der Waals surface area contributed by atoms with E-state index in [0.29, 0.717) is 11.4 Å². The number of aliphatic imine (C=N–C) groups is 1. The van der Waals surface area contributed by atoms with Crippen molar-refractivity contribution in [2.45, 2.75) is 30.6 Å². The molecule has 11 nitrogen and oxygen atoms in total. The molecule has 4 atom stereocenters. The first-order valence-electron chi connectivity index (χ1n) is 10.7. The maximum atomic E-state index is 13.9. The van der Waals surface area contributed by atoms with E-state index in [1.807, 2.05) is 12.1 Å². The molecular weight excluding hydrogens is 440 g/mol. The van der Waals surface area contributed by atoms with Crippen LogP contribution in [0.4, 0.5) is 17.2 Å². The maximum absolute atomic E-state index is 13.9. The molecule has 1 amide bonds. The summed E-state index contributed by atoms with van der Waals surface area (Å²) >= 11 is 0. The Morgan fingerprint density at radius 1 is 1.18 bits per heavy atom. The second kappa shape index (κ2) is 8.54. The first kappa shape index (κ1) is 22.0. The minimum absolute atomic E-state index is 0.0610. The molecule has 0 radical (unpaired) electrons. The Hall–Kier alpha value is -3.77. The molecule has 0 spiro atoms. The van der Waals surface area contributed by atoms with Crippen LogP contribution in [-0.4, -0.2) is 55.6 Å². The van der Waals surface area contributed by atoms with Gasteiger partial charge in [0.1, 0.15) is 23.8 Å². The van der Waals surface area contributed by atoms with Gasteiger partial charge in [-0.1, -0.05) is 36.4 Å². The van der Waals surface area contributed by atoms with Gasteiger partial charge in [-0.3, -0.25) is 14.3 Å². The van der Waals surface area contributed by atoms with Crippen LogP contribution in [0.5, 0.6) is 0 Å². The van der Waals surface area contributed by atoms with Crippen molar-refractivity contribution >= 4 is 29.1 Å². The molecule has 34 heavy (non-hydrogen) atoms. The lowest BCUT2D eigenvalue weighted by Gasteiger charge is -2.33. The van der Waals surface area contributed by atoms with Crippen LogP contribution >= 0.6 is 0 Å². The first-order chi connectivity index (χ1) is 16.4. The Balaban J connectivity index is 1.58. The number of nitrogens with two attached hydrogens (primary N) is 1. The molecule has 2 aliphatic rings. The molecule has 1 aromatic heterocycles. The highest BCUT2D eigenvalue weighted by molar-refractivity contribution is 6.09. The average molecular weight is 464 g/mol. The fourth-order valence-corrected chi connectivity index (χ4v) is 4.23. The van der Waals surface area contributed by atoms with E-state index in [2.05, 4.69) is 15.3 Å². The molecule has 2 aliphatic heterocycles. The van der Waals surface area contributed by atoms with Crippen molar-refractivity contribution in [3.05, 3.63) is 72.7 Å². The molecule has 0 saturated carbocycles. The largest absolute Gasteiger partial charge is 0.394 e. The van der Waals surface area contributed by atoms with Gasteiger partial charge in [0.25, 0.3) is 11.6 Å². The van der Waals surface area contributed by atoms with Crippen LogP contribution < -0.4 is 16.0 Å².